The van der Waals surface area contributed by atoms with Crippen LogP contribution in [0.4, 0.5) is 5.13 Å². The van der Waals surface area contributed by atoms with E-state index >= 15 is 0 Å². The zero-order valence-electron chi connectivity index (χ0n) is 15.1. The second kappa shape index (κ2) is 8.00. The molecule has 3 aromatic rings. The standard InChI is InChI=1S/C18H19N5O3S/c1-19-16(24)8-12-10-27-18(20-12)21-17(25)15-9-14(22-23(15)2)11-5-4-6-13(7-11)26-3/h4-7,9-10H,8H2,1-3H3,(H,19,24)(H,20,21,25). The van der Waals surface area contributed by atoms with Crippen LogP contribution in [-0.2, 0) is 18.3 Å². The Balaban J connectivity index is 1.76. The van der Waals surface area contributed by atoms with Gasteiger partial charge in [0.25, 0.3) is 5.91 Å². The molecule has 0 bridgehead atoms. The highest BCUT2D eigenvalue weighted by molar-refractivity contribution is 7.14. The Morgan fingerprint density at radius 3 is 2.85 bits per heavy atom. The van der Waals surface area contributed by atoms with Crippen molar-refractivity contribution in [3.8, 4) is 17.0 Å². The van der Waals surface area contributed by atoms with E-state index in [1.807, 2.05) is 24.3 Å². The van der Waals surface area contributed by atoms with Gasteiger partial charge < -0.3 is 10.1 Å². The summed E-state index contributed by atoms with van der Waals surface area (Å²) >= 11 is 1.27. The van der Waals surface area contributed by atoms with Crippen molar-refractivity contribution in [2.75, 3.05) is 19.5 Å². The summed E-state index contributed by atoms with van der Waals surface area (Å²) in [6.07, 6.45) is 0.175. The van der Waals surface area contributed by atoms with Gasteiger partial charge in [-0.25, -0.2) is 4.98 Å². The van der Waals surface area contributed by atoms with Crippen LogP contribution in [0.3, 0.4) is 0 Å². The van der Waals surface area contributed by atoms with E-state index in [-0.39, 0.29) is 18.2 Å². The zero-order valence-corrected chi connectivity index (χ0v) is 16.0. The third kappa shape index (κ3) is 4.32. The first-order chi connectivity index (χ1) is 13.0. The highest BCUT2D eigenvalue weighted by atomic mass is 32.1. The highest BCUT2D eigenvalue weighted by Gasteiger charge is 2.16. The molecule has 3 rings (SSSR count). The van der Waals surface area contributed by atoms with Crippen LogP contribution in [0, 0.1) is 0 Å². The summed E-state index contributed by atoms with van der Waals surface area (Å²) in [5.74, 6) is 0.267. The van der Waals surface area contributed by atoms with E-state index in [0.29, 0.717) is 22.2 Å². The van der Waals surface area contributed by atoms with E-state index in [4.69, 9.17) is 4.74 Å². The Hall–Kier alpha value is -3.20. The molecule has 27 heavy (non-hydrogen) atoms. The molecular weight excluding hydrogens is 366 g/mol. The number of hydrogen-bond acceptors (Lipinski definition) is 6. The average Bonchev–Trinajstić information content (AvgIpc) is 3.28. The van der Waals surface area contributed by atoms with Gasteiger partial charge >= 0.3 is 0 Å². The number of thiazole rings is 1. The third-order valence-corrected chi connectivity index (χ3v) is 4.68. The lowest BCUT2D eigenvalue weighted by atomic mass is 10.1. The number of nitrogens with zero attached hydrogens (tertiary/aromatic N) is 3. The third-order valence-electron chi connectivity index (χ3n) is 3.87. The number of aromatic nitrogens is 3. The van der Waals surface area contributed by atoms with Gasteiger partial charge in [0, 0.05) is 25.0 Å². The number of carbonyl (C=O) groups is 2. The molecule has 1 aromatic carbocycles. The molecule has 0 aliphatic heterocycles. The summed E-state index contributed by atoms with van der Waals surface area (Å²) in [4.78, 5) is 28.2. The lowest BCUT2D eigenvalue weighted by molar-refractivity contribution is -0.120. The normalized spacial score (nSPS) is 10.5. The van der Waals surface area contributed by atoms with E-state index in [2.05, 4.69) is 20.7 Å². The molecule has 8 nitrogen and oxygen atoms in total. The number of methoxy groups -OCH3 is 1. The van der Waals surface area contributed by atoms with Crippen LogP contribution in [0.1, 0.15) is 16.2 Å². The van der Waals surface area contributed by atoms with Crippen LogP contribution < -0.4 is 15.4 Å². The van der Waals surface area contributed by atoms with E-state index in [1.165, 1.54) is 16.0 Å². The molecule has 2 aromatic heterocycles. The van der Waals surface area contributed by atoms with E-state index < -0.39 is 0 Å². The summed E-state index contributed by atoms with van der Waals surface area (Å²) in [5.41, 5.74) is 2.53. The molecule has 0 radical (unpaired) electrons. The number of benzene rings is 1. The van der Waals surface area contributed by atoms with Gasteiger partial charge in [-0.2, -0.15) is 5.10 Å². The number of carbonyl (C=O) groups excluding carboxylic acids is 2. The van der Waals surface area contributed by atoms with E-state index in [1.54, 1.807) is 32.7 Å². The van der Waals surface area contributed by atoms with Crippen molar-refractivity contribution in [2.45, 2.75) is 6.42 Å². The van der Waals surface area contributed by atoms with Gasteiger partial charge in [0.2, 0.25) is 5.91 Å². The summed E-state index contributed by atoms with van der Waals surface area (Å²) in [7, 11) is 4.87. The quantitative estimate of drug-likeness (QED) is 0.677. The van der Waals surface area contributed by atoms with Gasteiger partial charge in [-0.3, -0.25) is 19.6 Å². The molecule has 2 N–H and O–H groups in total. The summed E-state index contributed by atoms with van der Waals surface area (Å²) in [6, 6.07) is 9.18. The monoisotopic (exact) mass is 385 g/mol. The van der Waals surface area contributed by atoms with E-state index in [9.17, 15) is 9.59 Å². The van der Waals surface area contributed by atoms with Crippen molar-refractivity contribution >= 4 is 28.3 Å². The molecule has 0 unspecified atom stereocenters. The SMILES string of the molecule is CNC(=O)Cc1csc(NC(=O)c2cc(-c3cccc(OC)c3)nn2C)n1. The van der Waals surface area contributed by atoms with Gasteiger partial charge in [-0.05, 0) is 18.2 Å². The molecule has 140 valence electrons. The molecule has 0 atom stereocenters. The number of likely N-dealkylation sites (N-methyl/N-ethyl adjacent to an activating group) is 1. The number of amides is 2. The van der Waals surface area contributed by atoms with Crippen LogP contribution in [0.5, 0.6) is 5.75 Å². The molecule has 0 fully saturated rings. The first kappa shape index (κ1) is 18.6. The van der Waals surface area contributed by atoms with E-state index in [0.717, 1.165) is 11.3 Å². The smallest absolute Gasteiger partial charge is 0.275 e. The predicted octanol–water partition coefficient (Wildman–Crippen LogP) is 2.09. The van der Waals surface area contributed by atoms with Gasteiger partial charge in [0.1, 0.15) is 11.4 Å². The predicted molar refractivity (Wildman–Crippen MR) is 103 cm³/mol. The van der Waals surface area contributed by atoms with Gasteiger partial charge in [-0.15, -0.1) is 11.3 Å². The second-order valence-electron chi connectivity index (χ2n) is 5.72. The molecule has 0 saturated carbocycles. The molecule has 0 aliphatic rings. The number of rotatable bonds is 6. The summed E-state index contributed by atoms with van der Waals surface area (Å²) < 4.78 is 6.75. The topological polar surface area (TPSA) is 98.1 Å². The Morgan fingerprint density at radius 2 is 2.11 bits per heavy atom. The Labute approximate surface area is 160 Å². The summed E-state index contributed by atoms with van der Waals surface area (Å²) in [5, 5.41) is 11.9. The van der Waals surface area contributed by atoms with Crippen LogP contribution in [0.2, 0.25) is 0 Å². The van der Waals surface area contributed by atoms with Crippen molar-refractivity contribution in [3.63, 3.8) is 0 Å². The number of hydrogen-bond donors (Lipinski definition) is 2. The first-order valence-electron chi connectivity index (χ1n) is 8.15. The average molecular weight is 385 g/mol. The minimum atomic E-state index is -0.319. The summed E-state index contributed by atoms with van der Waals surface area (Å²) in [6.45, 7) is 0. The molecule has 2 heterocycles. The second-order valence-corrected chi connectivity index (χ2v) is 6.58. The number of nitrogens with one attached hydrogen (secondary N) is 2. The van der Waals surface area contributed by atoms with Crippen molar-refractivity contribution in [2.24, 2.45) is 7.05 Å². The maximum absolute atomic E-state index is 12.6. The maximum Gasteiger partial charge on any atom is 0.275 e. The fourth-order valence-corrected chi connectivity index (χ4v) is 3.17. The van der Waals surface area contributed by atoms with Crippen LogP contribution in [0.25, 0.3) is 11.3 Å². The van der Waals surface area contributed by atoms with Crippen molar-refractivity contribution in [1.82, 2.24) is 20.1 Å². The lowest BCUT2D eigenvalue weighted by Gasteiger charge is -2.01. The Bertz CT molecular complexity index is 979. The van der Waals surface area contributed by atoms with Crippen molar-refractivity contribution < 1.29 is 14.3 Å². The molecule has 2 amide bonds. The van der Waals surface area contributed by atoms with Crippen molar-refractivity contribution in [3.05, 3.63) is 47.1 Å². The molecule has 0 saturated heterocycles. The first-order valence-corrected chi connectivity index (χ1v) is 9.03. The van der Waals surface area contributed by atoms with Gasteiger partial charge in [0.05, 0.1) is 24.9 Å². The molecule has 9 heteroatoms. The molecule has 0 aliphatic carbocycles. The lowest BCUT2D eigenvalue weighted by Crippen LogP contribution is -2.20. The fourth-order valence-electron chi connectivity index (χ4n) is 2.46. The van der Waals surface area contributed by atoms with Crippen molar-refractivity contribution in [1.29, 1.82) is 0 Å². The van der Waals surface area contributed by atoms with Crippen LogP contribution in [0.15, 0.2) is 35.7 Å². The zero-order chi connectivity index (χ0) is 19.4. The Kier molecular flexibility index (Phi) is 5.51. The van der Waals surface area contributed by atoms with Gasteiger partial charge in [0.15, 0.2) is 5.13 Å². The highest BCUT2D eigenvalue weighted by Crippen LogP contribution is 2.24. The number of anilines is 1. The minimum absolute atomic E-state index is 0.132. The minimum Gasteiger partial charge on any atom is -0.497 e. The van der Waals surface area contributed by atoms with Gasteiger partial charge in [-0.1, -0.05) is 12.1 Å². The Morgan fingerprint density at radius 1 is 1.30 bits per heavy atom. The fraction of sp³-hybridized carbons (Fsp3) is 0.222. The number of aryl methyl sites for hydroxylation is 1. The molecular formula is C18H19N5O3S. The van der Waals surface area contributed by atoms with Crippen LogP contribution in [-0.4, -0.2) is 40.7 Å². The number of ether oxygens (including phenoxy) is 1. The van der Waals surface area contributed by atoms with Crippen LogP contribution >= 0.6 is 11.3 Å². The maximum atomic E-state index is 12.6. The largest absolute Gasteiger partial charge is 0.497 e. The molecule has 0 spiro atoms.